The van der Waals surface area contributed by atoms with Gasteiger partial charge in [-0.2, -0.15) is 0 Å². The minimum Gasteiger partial charge on any atom is -0.325 e. The van der Waals surface area contributed by atoms with Crippen molar-refractivity contribution in [1.82, 2.24) is 4.90 Å². The van der Waals surface area contributed by atoms with E-state index in [0.29, 0.717) is 18.5 Å². The summed E-state index contributed by atoms with van der Waals surface area (Å²) < 4.78 is 27.3. The second kappa shape index (κ2) is 7.34. The molecule has 1 aliphatic rings. The summed E-state index contributed by atoms with van der Waals surface area (Å²) in [5.74, 6) is -0.690. The van der Waals surface area contributed by atoms with E-state index in [1.54, 1.807) is 4.90 Å². The summed E-state index contributed by atoms with van der Waals surface area (Å²) in [5, 5.41) is -0.393. The number of thioether (sulfide) groups is 1. The van der Waals surface area contributed by atoms with Crippen LogP contribution in [0.15, 0.2) is 48.5 Å². The van der Waals surface area contributed by atoms with Crippen molar-refractivity contribution in [3.8, 4) is 0 Å². The minimum absolute atomic E-state index is 0.00225. The van der Waals surface area contributed by atoms with E-state index in [4.69, 9.17) is 0 Å². The number of hydrogen-bond donors (Lipinski definition) is 0. The van der Waals surface area contributed by atoms with E-state index in [9.17, 15) is 13.6 Å². The third-order valence-corrected chi connectivity index (χ3v) is 5.55. The molecule has 0 unspecified atom stereocenters. The van der Waals surface area contributed by atoms with Crippen LogP contribution in [0.4, 0.5) is 8.78 Å². The van der Waals surface area contributed by atoms with Crippen LogP contribution in [0, 0.1) is 11.6 Å². The third-order valence-electron chi connectivity index (χ3n) is 4.31. The highest BCUT2D eigenvalue weighted by Crippen LogP contribution is 2.41. The maximum Gasteiger partial charge on any atom is 0.231 e. The van der Waals surface area contributed by atoms with Crippen LogP contribution in [-0.2, 0) is 4.79 Å². The summed E-state index contributed by atoms with van der Waals surface area (Å²) in [6.07, 6.45) is 0.683. The van der Waals surface area contributed by atoms with Gasteiger partial charge in [-0.15, -0.1) is 11.8 Å². The van der Waals surface area contributed by atoms with Gasteiger partial charge in [0.2, 0.25) is 5.91 Å². The van der Waals surface area contributed by atoms with Crippen LogP contribution in [0.2, 0.25) is 0 Å². The van der Waals surface area contributed by atoms with Gasteiger partial charge < -0.3 is 4.90 Å². The van der Waals surface area contributed by atoms with Gasteiger partial charge in [0.25, 0.3) is 0 Å². The van der Waals surface area contributed by atoms with Crippen molar-refractivity contribution in [2.24, 2.45) is 0 Å². The van der Waals surface area contributed by atoms with Crippen LogP contribution < -0.4 is 0 Å². The van der Waals surface area contributed by atoms with Crippen molar-refractivity contribution < 1.29 is 13.6 Å². The molecule has 1 amide bonds. The highest BCUT2D eigenvalue weighted by molar-refractivity contribution is 7.99. The van der Waals surface area contributed by atoms with Crippen molar-refractivity contribution in [1.29, 1.82) is 0 Å². The first kappa shape index (κ1) is 17.0. The quantitative estimate of drug-likeness (QED) is 0.797. The van der Waals surface area contributed by atoms with Gasteiger partial charge in [-0.25, -0.2) is 8.78 Å². The molecule has 2 atom stereocenters. The molecule has 2 aromatic rings. The smallest absolute Gasteiger partial charge is 0.231 e. The highest BCUT2D eigenvalue weighted by Gasteiger charge is 2.35. The zero-order valence-electron chi connectivity index (χ0n) is 13.4. The standard InChI is InChI=1S/C19H19F2NOS/c1-2-15(13-6-4-3-5-7-13)18(23)22-10-11-24-19(22)16-9-8-14(20)12-17(16)21/h3-9,12,15,19H,2,10-11H2,1H3/t15-,19+/m1/s1. The molecule has 1 heterocycles. The second-order valence-corrected chi connectivity index (χ2v) is 6.98. The van der Waals surface area contributed by atoms with Gasteiger partial charge in [-0.3, -0.25) is 4.79 Å². The second-order valence-electron chi connectivity index (χ2n) is 5.79. The molecule has 1 fully saturated rings. The summed E-state index contributed by atoms with van der Waals surface area (Å²) in [6.45, 7) is 2.56. The zero-order valence-corrected chi connectivity index (χ0v) is 14.2. The van der Waals surface area contributed by atoms with E-state index in [1.807, 2.05) is 37.3 Å². The molecule has 24 heavy (non-hydrogen) atoms. The first-order chi connectivity index (χ1) is 11.6. The van der Waals surface area contributed by atoms with Crippen molar-refractivity contribution in [2.75, 3.05) is 12.3 Å². The van der Waals surface area contributed by atoms with Crippen LogP contribution >= 0.6 is 11.8 Å². The monoisotopic (exact) mass is 347 g/mol. The number of benzene rings is 2. The number of amides is 1. The van der Waals surface area contributed by atoms with Crippen molar-refractivity contribution in [3.05, 3.63) is 71.3 Å². The van der Waals surface area contributed by atoms with E-state index in [1.165, 1.54) is 23.9 Å². The topological polar surface area (TPSA) is 20.3 Å². The molecular weight excluding hydrogens is 328 g/mol. The van der Waals surface area contributed by atoms with E-state index in [2.05, 4.69) is 0 Å². The Morgan fingerprint density at radius 2 is 2.00 bits per heavy atom. The van der Waals surface area contributed by atoms with Crippen molar-refractivity contribution in [3.63, 3.8) is 0 Å². The number of halogens is 2. The predicted molar refractivity (Wildman–Crippen MR) is 92.7 cm³/mol. The Balaban J connectivity index is 1.88. The lowest BCUT2D eigenvalue weighted by atomic mass is 9.95. The van der Waals surface area contributed by atoms with Gasteiger partial charge in [0.15, 0.2) is 0 Å². The lowest BCUT2D eigenvalue weighted by molar-refractivity contribution is -0.133. The van der Waals surface area contributed by atoms with Crippen molar-refractivity contribution >= 4 is 17.7 Å². The minimum atomic E-state index is -0.604. The molecule has 2 nitrogen and oxygen atoms in total. The number of nitrogens with zero attached hydrogens (tertiary/aromatic N) is 1. The van der Waals surface area contributed by atoms with E-state index >= 15 is 0 Å². The summed E-state index contributed by atoms with van der Waals surface area (Å²) in [4.78, 5) is 14.8. The fourth-order valence-corrected chi connectivity index (χ4v) is 4.38. The Labute approximate surface area is 144 Å². The first-order valence-corrected chi connectivity index (χ1v) is 9.08. The molecule has 0 spiro atoms. The van der Waals surface area contributed by atoms with Crippen LogP contribution in [0.5, 0.6) is 0 Å². The fraction of sp³-hybridized carbons (Fsp3) is 0.316. The summed E-state index contributed by atoms with van der Waals surface area (Å²) in [7, 11) is 0. The summed E-state index contributed by atoms with van der Waals surface area (Å²) in [6, 6.07) is 13.2. The normalized spacial score (nSPS) is 18.6. The van der Waals surface area contributed by atoms with Gasteiger partial charge in [0, 0.05) is 23.9 Å². The molecule has 3 rings (SSSR count). The molecule has 0 radical (unpaired) electrons. The Kier molecular flexibility index (Phi) is 5.19. The summed E-state index contributed by atoms with van der Waals surface area (Å²) >= 11 is 1.52. The fourth-order valence-electron chi connectivity index (χ4n) is 3.09. The van der Waals surface area contributed by atoms with Gasteiger partial charge in [0.1, 0.15) is 17.0 Å². The van der Waals surface area contributed by atoms with Crippen LogP contribution in [0.3, 0.4) is 0 Å². The van der Waals surface area contributed by atoms with Crippen LogP contribution in [0.1, 0.15) is 35.8 Å². The SMILES string of the molecule is CC[C@@H](C(=O)N1CCS[C@H]1c1ccc(F)cc1F)c1ccccc1. The molecule has 1 saturated heterocycles. The molecule has 1 aliphatic heterocycles. The van der Waals surface area contributed by atoms with Crippen LogP contribution in [-0.4, -0.2) is 23.1 Å². The van der Waals surface area contributed by atoms with Gasteiger partial charge in [-0.1, -0.05) is 43.3 Å². The number of rotatable bonds is 4. The Morgan fingerprint density at radius 3 is 2.67 bits per heavy atom. The van der Waals surface area contributed by atoms with Gasteiger partial charge >= 0.3 is 0 Å². The largest absolute Gasteiger partial charge is 0.325 e. The molecule has 0 aromatic heterocycles. The molecule has 0 N–H and O–H groups in total. The lowest BCUT2D eigenvalue weighted by Crippen LogP contribution is -2.34. The average molecular weight is 347 g/mol. The Bertz CT molecular complexity index is 723. The van der Waals surface area contributed by atoms with E-state index < -0.39 is 17.0 Å². The Hall–Kier alpha value is -1.88. The zero-order chi connectivity index (χ0) is 17.1. The van der Waals surface area contributed by atoms with Gasteiger partial charge in [0.05, 0.1) is 5.92 Å². The van der Waals surface area contributed by atoms with Gasteiger partial charge in [-0.05, 0) is 18.1 Å². The average Bonchev–Trinajstić information content (AvgIpc) is 3.06. The number of hydrogen-bond acceptors (Lipinski definition) is 2. The molecule has 0 saturated carbocycles. The highest BCUT2D eigenvalue weighted by atomic mass is 32.2. The van der Waals surface area contributed by atoms with Crippen molar-refractivity contribution in [2.45, 2.75) is 24.6 Å². The number of carbonyl (C=O) groups excluding carboxylic acids is 1. The third kappa shape index (κ3) is 3.31. The maximum absolute atomic E-state index is 14.2. The molecule has 5 heteroatoms. The van der Waals surface area contributed by atoms with E-state index in [0.717, 1.165) is 17.4 Å². The molecule has 0 bridgehead atoms. The Morgan fingerprint density at radius 1 is 1.25 bits per heavy atom. The lowest BCUT2D eigenvalue weighted by Gasteiger charge is -2.28. The molecule has 126 valence electrons. The molecular formula is C19H19F2NOS. The molecule has 0 aliphatic carbocycles. The van der Waals surface area contributed by atoms with Crippen LogP contribution in [0.25, 0.3) is 0 Å². The predicted octanol–water partition coefficient (Wildman–Crippen LogP) is 4.73. The molecule has 2 aromatic carbocycles. The van der Waals surface area contributed by atoms with E-state index in [-0.39, 0.29) is 11.8 Å². The first-order valence-electron chi connectivity index (χ1n) is 8.03. The summed E-state index contributed by atoms with van der Waals surface area (Å²) in [5.41, 5.74) is 1.34. The number of carbonyl (C=O) groups is 1. The maximum atomic E-state index is 14.2.